The fraction of sp³-hybridized carbons (Fsp3) is 0.667. The molecule has 4 saturated carbocycles. The number of aliphatic hydroxyl groups is 1. The van der Waals surface area contributed by atoms with Crippen LogP contribution < -0.4 is 0 Å². The van der Waals surface area contributed by atoms with Crippen LogP contribution >= 0.6 is 0 Å². The van der Waals surface area contributed by atoms with Gasteiger partial charge in [0, 0.05) is 0 Å². The summed E-state index contributed by atoms with van der Waals surface area (Å²) in [5.41, 5.74) is 1.06. The molecule has 1 aromatic rings. The van der Waals surface area contributed by atoms with Crippen LogP contribution in [0.15, 0.2) is 30.3 Å². The molecule has 4 fully saturated rings. The van der Waals surface area contributed by atoms with Gasteiger partial charge >= 0.3 is 0 Å². The Balaban J connectivity index is 1.62. The van der Waals surface area contributed by atoms with Gasteiger partial charge in [-0.05, 0) is 74.2 Å². The van der Waals surface area contributed by atoms with Crippen LogP contribution in [0.25, 0.3) is 0 Å². The highest BCUT2D eigenvalue weighted by molar-refractivity contribution is 5.18. The molecule has 4 aliphatic rings. The van der Waals surface area contributed by atoms with Gasteiger partial charge in [-0.25, -0.2) is 0 Å². The highest BCUT2D eigenvalue weighted by atomic mass is 16.3. The molecule has 0 aliphatic heterocycles. The maximum Gasteiger partial charge on any atom is 0.0678 e. The van der Waals surface area contributed by atoms with E-state index in [1.54, 1.807) is 0 Å². The first-order valence-electron chi connectivity index (χ1n) is 7.91. The lowest BCUT2D eigenvalue weighted by atomic mass is 9.46. The van der Waals surface area contributed by atoms with Crippen molar-refractivity contribution in [2.24, 2.45) is 29.6 Å². The van der Waals surface area contributed by atoms with Gasteiger partial charge in [0.15, 0.2) is 0 Å². The Kier molecular flexibility index (Phi) is 2.57. The molecule has 0 spiro atoms. The highest BCUT2D eigenvalue weighted by Crippen LogP contribution is 2.61. The third kappa shape index (κ3) is 1.78. The summed E-state index contributed by atoms with van der Waals surface area (Å²) >= 11 is 0. The van der Waals surface area contributed by atoms with Crippen LogP contribution in [0.1, 0.15) is 38.2 Å². The summed E-state index contributed by atoms with van der Waals surface area (Å²) in [6, 6.07) is 10.9. The van der Waals surface area contributed by atoms with Crippen molar-refractivity contribution in [2.75, 3.05) is 0 Å². The first-order valence-corrected chi connectivity index (χ1v) is 7.91. The van der Waals surface area contributed by atoms with Gasteiger partial charge in [0.25, 0.3) is 0 Å². The molecule has 0 radical (unpaired) electrons. The minimum Gasteiger partial charge on any atom is -0.390 e. The molecule has 1 heteroatoms. The van der Waals surface area contributed by atoms with Crippen molar-refractivity contribution in [1.82, 2.24) is 0 Å². The summed E-state index contributed by atoms with van der Waals surface area (Å²) in [5.74, 6) is 3.64. The Hall–Kier alpha value is -0.820. The average Bonchev–Trinajstić information content (AvgIpc) is 2.41. The molecule has 0 saturated heterocycles. The summed E-state index contributed by atoms with van der Waals surface area (Å²) in [7, 11) is 0. The second-order valence-electron chi connectivity index (χ2n) is 7.45. The van der Waals surface area contributed by atoms with Crippen molar-refractivity contribution in [3.8, 4) is 0 Å². The summed E-state index contributed by atoms with van der Waals surface area (Å²) in [4.78, 5) is 0. The van der Waals surface area contributed by atoms with Gasteiger partial charge in [0.1, 0.15) is 0 Å². The van der Waals surface area contributed by atoms with Gasteiger partial charge < -0.3 is 5.11 Å². The predicted molar refractivity (Wildman–Crippen MR) is 76.7 cm³/mol. The quantitative estimate of drug-likeness (QED) is 0.856. The van der Waals surface area contributed by atoms with Crippen LogP contribution in [0, 0.1) is 29.6 Å². The lowest BCUT2D eigenvalue weighted by Crippen LogP contribution is -2.60. The average molecular weight is 256 g/mol. The van der Waals surface area contributed by atoms with Crippen molar-refractivity contribution in [1.29, 1.82) is 0 Å². The highest BCUT2D eigenvalue weighted by Gasteiger charge is 2.58. The minimum atomic E-state index is -0.396. The zero-order valence-corrected chi connectivity index (χ0v) is 11.8. The van der Waals surface area contributed by atoms with Crippen molar-refractivity contribution >= 4 is 0 Å². The van der Waals surface area contributed by atoms with Gasteiger partial charge in [-0.15, -0.1) is 0 Å². The van der Waals surface area contributed by atoms with Crippen LogP contribution in [0.2, 0.25) is 0 Å². The van der Waals surface area contributed by atoms with E-state index in [4.69, 9.17) is 0 Å². The summed E-state index contributed by atoms with van der Waals surface area (Å²) in [6.45, 7) is 2.12. The fourth-order valence-corrected chi connectivity index (χ4v) is 5.54. The molecule has 6 unspecified atom stereocenters. The lowest BCUT2D eigenvalue weighted by Gasteiger charge is -2.61. The fourth-order valence-electron chi connectivity index (χ4n) is 5.54. The summed E-state index contributed by atoms with van der Waals surface area (Å²) in [5, 5.41) is 10.9. The zero-order valence-electron chi connectivity index (χ0n) is 11.8. The van der Waals surface area contributed by atoms with E-state index in [-0.39, 0.29) is 0 Å². The second-order valence-corrected chi connectivity index (χ2v) is 7.45. The van der Waals surface area contributed by atoms with Crippen molar-refractivity contribution in [3.05, 3.63) is 35.9 Å². The molecule has 19 heavy (non-hydrogen) atoms. The van der Waals surface area contributed by atoms with E-state index in [1.165, 1.54) is 37.7 Å². The third-order valence-corrected chi connectivity index (χ3v) is 6.44. The zero-order chi connectivity index (χ0) is 13.0. The van der Waals surface area contributed by atoms with Gasteiger partial charge in [0.05, 0.1) is 5.60 Å². The normalized spacial score (nSPS) is 47.6. The molecule has 0 amide bonds. The molecule has 4 aliphatic carbocycles. The van der Waals surface area contributed by atoms with E-state index in [2.05, 4.69) is 37.3 Å². The second kappa shape index (κ2) is 4.09. The van der Waals surface area contributed by atoms with E-state index in [9.17, 15) is 5.11 Å². The molecule has 1 N–H and O–H groups in total. The Morgan fingerprint density at radius 1 is 1.11 bits per heavy atom. The Morgan fingerprint density at radius 2 is 1.89 bits per heavy atom. The molecule has 0 heterocycles. The predicted octanol–water partition coefficient (Wildman–Crippen LogP) is 3.66. The van der Waals surface area contributed by atoms with E-state index >= 15 is 0 Å². The molecule has 5 rings (SSSR count). The number of hydrogen-bond donors (Lipinski definition) is 1. The molecule has 1 nitrogen and oxygen atoms in total. The van der Waals surface area contributed by atoms with Crippen LogP contribution in [0.4, 0.5) is 0 Å². The Bertz CT molecular complexity index is 464. The first kappa shape index (κ1) is 12.0. The number of hydrogen-bond acceptors (Lipinski definition) is 1. The van der Waals surface area contributed by atoms with Crippen LogP contribution in [-0.4, -0.2) is 10.7 Å². The minimum absolute atomic E-state index is 0.396. The van der Waals surface area contributed by atoms with Crippen molar-refractivity contribution < 1.29 is 5.11 Å². The van der Waals surface area contributed by atoms with E-state index in [1.807, 2.05) is 0 Å². The molecular formula is C18H24O. The lowest BCUT2D eigenvalue weighted by molar-refractivity contribution is -0.190. The third-order valence-electron chi connectivity index (χ3n) is 6.44. The van der Waals surface area contributed by atoms with Gasteiger partial charge in [-0.3, -0.25) is 0 Å². The van der Waals surface area contributed by atoms with Gasteiger partial charge in [-0.1, -0.05) is 30.3 Å². The van der Waals surface area contributed by atoms with Crippen LogP contribution in [0.3, 0.4) is 0 Å². The van der Waals surface area contributed by atoms with E-state index in [0.29, 0.717) is 17.8 Å². The summed E-state index contributed by atoms with van der Waals surface area (Å²) in [6.07, 6.45) is 6.44. The summed E-state index contributed by atoms with van der Waals surface area (Å²) < 4.78 is 0. The van der Waals surface area contributed by atoms with E-state index in [0.717, 1.165) is 11.8 Å². The molecule has 0 aromatic heterocycles. The van der Waals surface area contributed by atoms with Gasteiger partial charge in [-0.2, -0.15) is 0 Å². The van der Waals surface area contributed by atoms with Crippen molar-refractivity contribution in [2.45, 2.75) is 44.6 Å². The maximum atomic E-state index is 10.9. The molecule has 1 aromatic carbocycles. The SMILES string of the molecule is CC1(O)C2CC3CC(C2)C(Cc2ccccc2)C1C3. The van der Waals surface area contributed by atoms with Gasteiger partial charge in [0.2, 0.25) is 0 Å². The first-order chi connectivity index (χ1) is 9.14. The molecular weight excluding hydrogens is 232 g/mol. The van der Waals surface area contributed by atoms with E-state index < -0.39 is 5.60 Å². The largest absolute Gasteiger partial charge is 0.390 e. The Morgan fingerprint density at radius 3 is 2.68 bits per heavy atom. The monoisotopic (exact) mass is 256 g/mol. The smallest absolute Gasteiger partial charge is 0.0678 e. The molecule has 102 valence electrons. The Labute approximate surface area is 116 Å². The topological polar surface area (TPSA) is 20.2 Å². The standard InChI is InChI=1S/C18H24O/c1-18(19)15-8-13-7-14(11-15)16(17(18)10-13)9-12-5-3-2-4-6-12/h2-6,13-17,19H,7-11H2,1H3. The van der Waals surface area contributed by atoms with Crippen molar-refractivity contribution in [3.63, 3.8) is 0 Å². The number of benzene rings is 1. The molecule has 4 bridgehead atoms. The van der Waals surface area contributed by atoms with Crippen LogP contribution in [-0.2, 0) is 6.42 Å². The molecule has 6 atom stereocenters. The maximum absolute atomic E-state index is 10.9. The van der Waals surface area contributed by atoms with Crippen LogP contribution in [0.5, 0.6) is 0 Å². The number of rotatable bonds is 2.